The second kappa shape index (κ2) is 8.57. The number of alkyl carbamates (subject to hydrolysis) is 1. The van der Waals surface area contributed by atoms with E-state index in [4.69, 9.17) is 9.47 Å². The molecule has 0 saturated heterocycles. The monoisotopic (exact) mass is 376 g/mol. The van der Waals surface area contributed by atoms with E-state index >= 15 is 0 Å². The molecule has 27 heavy (non-hydrogen) atoms. The van der Waals surface area contributed by atoms with E-state index in [0.717, 1.165) is 5.56 Å². The lowest BCUT2D eigenvalue weighted by Gasteiger charge is -2.29. The average Bonchev–Trinajstić information content (AvgIpc) is 3.06. The number of aliphatic carboxylic acids is 1. The SMILES string of the molecule is CC(C)(C)OC(=O)N[C@@H](C(=O)O)[C@H]1C=CCN1C(=O)OCc1ccccc1. The van der Waals surface area contributed by atoms with E-state index in [1.165, 1.54) is 4.90 Å². The molecule has 2 rings (SSSR count). The topological polar surface area (TPSA) is 105 Å². The van der Waals surface area contributed by atoms with E-state index in [0.29, 0.717) is 0 Å². The van der Waals surface area contributed by atoms with Crippen molar-refractivity contribution in [1.82, 2.24) is 10.2 Å². The van der Waals surface area contributed by atoms with Crippen LogP contribution in [0.4, 0.5) is 9.59 Å². The molecule has 8 heteroatoms. The van der Waals surface area contributed by atoms with Gasteiger partial charge in [0.25, 0.3) is 0 Å². The molecular formula is C19H24N2O6. The molecule has 1 aromatic carbocycles. The molecule has 0 saturated carbocycles. The van der Waals surface area contributed by atoms with Crippen molar-refractivity contribution < 1.29 is 29.0 Å². The number of carbonyl (C=O) groups excluding carboxylic acids is 2. The van der Waals surface area contributed by atoms with Crippen molar-refractivity contribution >= 4 is 18.2 Å². The number of ether oxygens (including phenoxy) is 2. The van der Waals surface area contributed by atoms with Gasteiger partial charge < -0.3 is 19.9 Å². The Kier molecular flexibility index (Phi) is 6.44. The Labute approximate surface area is 157 Å². The van der Waals surface area contributed by atoms with Crippen LogP contribution < -0.4 is 5.32 Å². The smallest absolute Gasteiger partial charge is 0.410 e. The highest BCUT2D eigenvalue weighted by atomic mass is 16.6. The van der Waals surface area contributed by atoms with Crippen LogP contribution in [0.3, 0.4) is 0 Å². The zero-order valence-electron chi connectivity index (χ0n) is 15.5. The molecule has 1 aliphatic rings. The van der Waals surface area contributed by atoms with Crippen LogP contribution in [-0.2, 0) is 20.9 Å². The number of amides is 2. The fourth-order valence-electron chi connectivity index (χ4n) is 2.56. The van der Waals surface area contributed by atoms with Gasteiger partial charge in [-0.1, -0.05) is 42.5 Å². The van der Waals surface area contributed by atoms with Gasteiger partial charge in [0.2, 0.25) is 0 Å². The fourth-order valence-corrected chi connectivity index (χ4v) is 2.56. The first-order valence-electron chi connectivity index (χ1n) is 8.53. The molecule has 2 atom stereocenters. The highest BCUT2D eigenvalue weighted by Crippen LogP contribution is 2.17. The van der Waals surface area contributed by atoms with Crippen molar-refractivity contribution in [2.45, 2.75) is 45.1 Å². The van der Waals surface area contributed by atoms with Crippen molar-refractivity contribution in [2.24, 2.45) is 0 Å². The van der Waals surface area contributed by atoms with E-state index < -0.39 is 35.8 Å². The minimum absolute atomic E-state index is 0.0696. The van der Waals surface area contributed by atoms with Gasteiger partial charge in [0, 0.05) is 6.54 Å². The molecule has 0 fully saturated rings. The van der Waals surface area contributed by atoms with E-state index in [1.54, 1.807) is 32.9 Å². The van der Waals surface area contributed by atoms with Crippen LogP contribution in [0.25, 0.3) is 0 Å². The van der Waals surface area contributed by atoms with Crippen LogP contribution in [0, 0.1) is 0 Å². The minimum Gasteiger partial charge on any atom is -0.480 e. The number of hydrogen-bond acceptors (Lipinski definition) is 5. The largest absolute Gasteiger partial charge is 0.480 e. The molecule has 8 nitrogen and oxygen atoms in total. The van der Waals surface area contributed by atoms with Crippen LogP contribution in [0.5, 0.6) is 0 Å². The van der Waals surface area contributed by atoms with Gasteiger partial charge in [-0.25, -0.2) is 14.4 Å². The summed E-state index contributed by atoms with van der Waals surface area (Å²) >= 11 is 0. The Morgan fingerprint density at radius 3 is 2.52 bits per heavy atom. The Balaban J connectivity index is 2.02. The number of rotatable bonds is 5. The number of carbonyl (C=O) groups is 3. The summed E-state index contributed by atoms with van der Waals surface area (Å²) in [5, 5.41) is 11.8. The third-order valence-corrected chi connectivity index (χ3v) is 3.71. The molecule has 1 aliphatic heterocycles. The lowest BCUT2D eigenvalue weighted by Crippen LogP contribution is -2.55. The first-order valence-corrected chi connectivity index (χ1v) is 8.53. The number of benzene rings is 1. The molecule has 2 amide bonds. The molecule has 0 bridgehead atoms. The number of hydrogen-bond donors (Lipinski definition) is 2. The normalized spacial score (nSPS) is 17.3. The van der Waals surface area contributed by atoms with Gasteiger partial charge in [-0.2, -0.15) is 0 Å². The first-order chi connectivity index (χ1) is 12.7. The second-order valence-corrected chi connectivity index (χ2v) is 7.07. The molecule has 0 unspecified atom stereocenters. The number of nitrogens with one attached hydrogen (secondary N) is 1. The van der Waals surface area contributed by atoms with Gasteiger partial charge in [-0.05, 0) is 26.3 Å². The molecule has 2 N–H and O–H groups in total. The molecule has 0 radical (unpaired) electrons. The highest BCUT2D eigenvalue weighted by Gasteiger charge is 2.38. The van der Waals surface area contributed by atoms with Gasteiger partial charge >= 0.3 is 18.2 Å². The number of carboxylic acids is 1. The predicted octanol–water partition coefficient (Wildman–Crippen LogP) is 2.54. The standard InChI is InChI=1S/C19H24N2O6/c1-19(2,3)27-17(24)20-15(16(22)23)14-10-7-11-21(14)18(25)26-12-13-8-5-4-6-9-13/h4-10,14-15H,11-12H2,1-3H3,(H,20,24)(H,22,23)/t14-,15-/m1/s1. The summed E-state index contributed by atoms with van der Waals surface area (Å²) in [6, 6.07) is 6.91. The van der Waals surface area contributed by atoms with Gasteiger partial charge in [0.05, 0.1) is 6.04 Å². The van der Waals surface area contributed by atoms with E-state index in [2.05, 4.69) is 5.32 Å². The fraction of sp³-hybridized carbons (Fsp3) is 0.421. The molecular weight excluding hydrogens is 352 g/mol. The average molecular weight is 376 g/mol. The van der Waals surface area contributed by atoms with Crippen molar-refractivity contribution in [1.29, 1.82) is 0 Å². The summed E-state index contributed by atoms with van der Waals surface area (Å²) in [5.74, 6) is -1.28. The van der Waals surface area contributed by atoms with Gasteiger partial charge in [0.1, 0.15) is 12.2 Å². The zero-order chi connectivity index (χ0) is 20.0. The highest BCUT2D eigenvalue weighted by molar-refractivity contribution is 5.82. The van der Waals surface area contributed by atoms with Crippen molar-refractivity contribution in [2.75, 3.05) is 6.54 Å². The van der Waals surface area contributed by atoms with Crippen LogP contribution in [-0.4, -0.2) is 52.4 Å². The summed E-state index contributed by atoms with van der Waals surface area (Å²) in [6.07, 6.45) is 1.68. The number of nitrogens with zero attached hydrogens (tertiary/aromatic N) is 1. The zero-order valence-corrected chi connectivity index (χ0v) is 15.5. The van der Waals surface area contributed by atoms with Crippen LogP contribution >= 0.6 is 0 Å². The maximum Gasteiger partial charge on any atom is 0.410 e. The maximum absolute atomic E-state index is 12.4. The summed E-state index contributed by atoms with van der Waals surface area (Å²) < 4.78 is 10.4. The molecule has 0 aliphatic carbocycles. The third-order valence-electron chi connectivity index (χ3n) is 3.71. The third kappa shape index (κ3) is 6.02. The number of carboxylic acid groups (broad SMARTS) is 1. The lowest BCUT2D eigenvalue weighted by molar-refractivity contribution is -0.140. The molecule has 146 valence electrons. The molecule has 1 heterocycles. The second-order valence-electron chi connectivity index (χ2n) is 7.07. The Morgan fingerprint density at radius 2 is 1.93 bits per heavy atom. The minimum atomic E-state index is -1.36. The van der Waals surface area contributed by atoms with Gasteiger partial charge in [-0.15, -0.1) is 0 Å². The van der Waals surface area contributed by atoms with Crippen molar-refractivity contribution in [3.63, 3.8) is 0 Å². The Hall–Kier alpha value is -3.03. The van der Waals surface area contributed by atoms with Crippen LogP contribution in [0.2, 0.25) is 0 Å². The Morgan fingerprint density at radius 1 is 1.26 bits per heavy atom. The van der Waals surface area contributed by atoms with E-state index in [-0.39, 0.29) is 13.2 Å². The maximum atomic E-state index is 12.4. The van der Waals surface area contributed by atoms with Crippen molar-refractivity contribution in [3.8, 4) is 0 Å². The van der Waals surface area contributed by atoms with Gasteiger partial charge in [0.15, 0.2) is 6.04 Å². The van der Waals surface area contributed by atoms with Crippen molar-refractivity contribution in [3.05, 3.63) is 48.0 Å². The molecule has 0 spiro atoms. The summed E-state index contributed by atoms with van der Waals surface area (Å²) in [5.41, 5.74) is 0.0451. The summed E-state index contributed by atoms with van der Waals surface area (Å²) in [4.78, 5) is 37.3. The predicted molar refractivity (Wildman–Crippen MR) is 97.1 cm³/mol. The van der Waals surface area contributed by atoms with E-state index in [1.807, 2.05) is 30.3 Å². The Bertz CT molecular complexity index is 711. The summed E-state index contributed by atoms with van der Waals surface area (Å²) in [7, 11) is 0. The summed E-state index contributed by atoms with van der Waals surface area (Å²) in [6.45, 7) is 5.28. The molecule has 1 aromatic rings. The van der Waals surface area contributed by atoms with Crippen LogP contribution in [0.15, 0.2) is 42.5 Å². The lowest BCUT2D eigenvalue weighted by atomic mass is 10.1. The van der Waals surface area contributed by atoms with Gasteiger partial charge in [-0.3, -0.25) is 4.90 Å². The first kappa shape index (κ1) is 20.3. The quantitative estimate of drug-likeness (QED) is 0.765. The molecule has 0 aromatic heterocycles. The van der Waals surface area contributed by atoms with E-state index in [9.17, 15) is 19.5 Å². The van der Waals surface area contributed by atoms with Crippen LogP contribution in [0.1, 0.15) is 26.3 Å².